The Morgan fingerprint density at radius 3 is 2.78 bits per heavy atom. The molecule has 1 heterocycles. The molecule has 3 N–H and O–H groups in total. The molecule has 8 heteroatoms. The first kappa shape index (κ1) is 14.9. The minimum atomic E-state index is -0.585. The molecule has 102 valence electrons. The van der Waals surface area contributed by atoms with Crippen LogP contribution in [0.3, 0.4) is 0 Å². The highest BCUT2D eigenvalue weighted by Crippen LogP contribution is 2.16. The first-order valence-corrected chi connectivity index (χ1v) is 5.74. The summed E-state index contributed by atoms with van der Waals surface area (Å²) in [5.74, 6) is 0. The monoisotopic (exact) mass is 277 g/mol. The van der Waals surface area contributed by atoms with Gasteiger partial charge in [-0.3, -0.25) is 4.79 Å². The number of aliphatic hydroxyl groups excluding tert-OH is 2. The van der Waals surface area contributed by atoms with Crippen LogP contribution in [0.15, 0.2) is 11.0 Å². The van der Waals surface area contributed by atoms with Gasteiger partial charge in [0.25, 0.3) is 5.56 Å². The number of halogens is 1. The topological polar surface area (TPSA) is 96.6 Å². The van der Waals surface area contributed by atoms with Crippen molar-refractivity contribution < 1.29 is 14.9 Å². The average Bonchev–Trinajstić information content (AvgIpc) is 2.39. The molecule has 1 aromatic rings. The Labute approximate surface area is 109 Å². The van der Waals surface area contributed by atoms with E-state index >= 15 is 0 Å². The van der Waals surface area contributed by atoms with Crippen LogP contribution in [0.2, 0.25) is 5.02 Å². The van der Waals surface area contributed by atoms with Gasteiger partial charge in [0.05, 0.1) is 44.3 Å². The molecule has 0 aliphatic rings. The van der Waals surface area contributed by atoms with Crippen molar-refractivity contribution in [3.05, 3.63) is 21.6 Å². The second-order valence-corrected chi connectivity index (χ2v) is 3.98. The number of anilines is 1. The maximum atomic E-state index is 11.8. The normalized spacial score (nSPS) is 10.9. The molecule has 0 bridgehead atoms. The number of methoxy groups -OCH3 is 1. The summed E-state index contributed by atoms with van der Waals surface area (Å²) in [6.07, 6.45) is 1.37. The summed E-state index contributed by atoms with van der Waals surface area (Å²) < 4.78 is 6.03. The minimum absolute atomic E-state index is 0.0343. The van der Waals surface area contributed by atoms with Crippen molar-refractivity contribution in [2.24, 2.45) is 0 Å². The Balaban J connectivity index is 2.90. The number of nitrogens with zero attached hydrogens (tertiary/aromatic N) is 2. The Morgan fingerprint density at radius 1 is 1.56 bits per heavy atom. The molecule has 1 rings (SSSR count). The van der Waals surface area contributed by atoms with Crippen molar-refractivity contribution in [3.8, 4) is 0 Å². The molecule has 1 aromatic heterocycles. The van der Waals surface area contributed by atoms with E-state index in [0.29, 0.717) is 13.2 Å². The van der Waals surface area contributed by atoms with E-state index < -0.39 is 11.6 Å². The number of nitrogens with one attached hydrogen (secondary N) is 1. The summed E-state index contributed by atoms with van der Waals surface area (Å²) in [6.45, 7) is 0.101. The van der Waals surface area contributed by atoms with Crippen LogP contribution in [0.1, 0.15) is 0 Å². The Morgan fingerprint density at radius 2 is 2.22 bits per heavy atom. The smallest absolute Gasteiger partial charge is 0.287 e. The lowest BCUT2D eigenvalue weighted by molar-refractivity contribution is 0.182. The summed E-state index contributed by atoms with van der Waals surface area (Å²) in [7, 11) is 1.52. The van der Waals surface area contributed by atoms with Gasteiger partial charge in [0.1, 0.15) is 5.02 Å². The zero-order chi connectivity index (χ0) is 13.5. The molecule has 0 aromatic carbocycles. The van der Waals surface area contributed by atoms with E-state index in [2.05, 4.69) is 10.4 Å². The second kappa shape index (κ2) is 7.32. The van der Waals surface area contributed by atoms with Gasteiger partial charge in [-0.1, -0.05) is 11.6 Å². The fourth-order valence-corrected chi connectivity index (χ4v) is 1.47. The molecular formula is C10H16ClN3O4. The van der Waals surface area contributed by atoms with Crippen LogP contribution >= 0.6 is 11.6 Å². The van der Waals surface area contributed by atoms with Gasteiger partial charge in [-0.15, -0.1) is 0 Å². The van der Waals surface area contributed by atoms with Crippen molar-refractivity contribution in [2.75, 3.05) is 32.2 Å². The number of hydrogen-bond donors (Lipinski definition) is 3. The van der Waals surface area contributed by atoms with Gasteiger partial charge in [-0.2, -0.15) is 5.10 Å². The Bertz CT molecular complexity index is 434. The fourth-order valence-electron chi connectivity index (χ4n) is 1.27. The zero-order valence-electron chi connectivity index (χ0n) is 9.97. The summed E-state index contributed by atoms with van der Waals surface area (Å²) in [5.41, 5.74) is -0.170. The van der Waals surface area contributed by atoms with E-state index in [4.69, 9.17) is 26.6 Å². The third kappa shape index (κ3) is 3.67. The van der Waals surface area contributed by atoms with Crippen LogP contribution < -0.4 is 10.9 Å². The Hall–Kier alpha value is -1.15. The van der Waals surface area contributed by atoms with Crippen molar-refractivity contribution >= 4 is 17.3 Å². The highest BCUT2D eigenvalue weighted by atomic mass is 35.5. The first-order valence-electron chi connectivity index (χ1n) is 5.36. The minimum Gasteiger partial charge on any atom is -0.394 e. The molecule has 18 heavy (non-hydrogen) atoms. The summed E-state index contributed by atoms with van der Waals surface area (Å²) in [5, 5.41) is 24.5. The number of hydrogen-bond acceptors (Lipinski definition) is 6. The molecule has 0 saturated heterocycles. The lowest BCUT2D eigenvalue weighted by atomic mass is 10.3. The Kier molecular flexibility index (Phi) is 6.06. The summed E-state index contributed by atoms with van der Waals surface area (Å²) in [6, 6.07) is -0.585. The maximum absolute atomic E-state index is 11.8. The van der Waals surface area contributed by atoms with E-state index in [9.17, 15) is 4.79 Å². The lowest BCUT2D eigenvalue weighted by Crippen LogP contribution is -2.31. The largest absolute Gasteiger partial charge is 0.394 e. The molecule has 0 aliphatic carbocycles. The van der Waals surface area contributed by atoms with Crippen LogP contribution in [-0.4, -0.2) is 53.0 Å². The van der Waals surface area contributed by atoms with Crippen molar-refractivity contribution in [3.63, 3.8) is 0 Å². The summed E-state index contributed by atoms with van der Waals surface area (Å²) >= 11 is 5.90. The van der Waals surface area contributed by atoms with E-state index in [1.165, 1.54) is 18.0 Å². The highest BCUT2D eigenvalue weighted by molar-refractivity contribution is 6.32. The van der Waals surface area contributed by atoms with E-state index in [1.807, 2.05) is 0 Å². The third-order valence-corrected chi connectivity index (χ3v) is 2.66. The highest BCUT2D eigenvalue weighted by Gasteiger charge is 2.12. The van der Waals surface area contributed by atoms with Crippen LogP contribution in [0.5, 0.6) is 0 Å². The van der Waals surface area contributed by atoms with Crippen LogP contribution in [0.4, 0.5) is 5.69 Å². The first-order chi connectivity index (χ1) is 8.63. The molecule has 0 saturated carbocycles. The molecule has 0 aliphatic heterocycles. The molecule has 0 unspecified atom stereocenters. The van der Waals surface area contributed by atoms with E-state index in [1.54, 1.807) is 0 Å². The molecule has 0 spiro atoms. The molecule has 0 atom stereocenters. The average molecular weight is 278 g/mol. The molecule has 0 fully saturated rings. The van der Waals surface area contributed by atoms with Gasteiger partial charge in [0.2, 0.25) is 0 Å². The van der Waals surface area contributed by atoms with E-state index in [0.717, 1.165) is 0 Å². The second-order valence-electron chi connectivity index (χ2n) is 3.60. The standard InChI is InChI=1S/C10H16ClN3O4/c1-18-3-2-14-10(17)9(11)8(4-12-14)13-7(5-15)6-16/h4,7,13,15-16H,2-3,5-6H2,1H3. The van der Waals surface area contributed by atoms with Gasteiger partial charge in [0.15, 0.2) is 0 Å². The van der Waals surface area contributed by atoms with Crippen LogP contribution in [-0.2, 0) is 11.3 Å². The van der Waals surface area contributed by atoms with Gasteiger partial charge in [-0.05, 0) is 0 Å². The van der Waals surface area contributed by atoms with Crippen LogP contribution in [0, 0.1) is 0 Å². The third-order valence-electron chi connectivity index (χ3n) is 2.29. The van der Waals surface area contributed by atoms with Crippen molar-refractivity contribution in [2.45, 2.75) is 12.6 Å². The number of ether oxygens (including phenoxy) is 1. The molecule has 0 radical (unpaired) electrons. The van der Waals surface area contributed by atoms with Crippen molar-refractivity contribution in [1.29, 1.82) is 0 Å². The van der Waals surface area contributed by atoms with Crippen LogP contribution in [0.25, 0.3) is 0 Å². The van der Waals surface area contributed by atoms with Gasteiger partial charge < -0.3 is 20.3 Å². The molecule has 0 amide bonds. The maximum Gasteiger partial charge on any atom is 0.287 e. The van der Waals surface area contributed by atoms with Gasteiger partial charge in [-0.25, -0.2) is 4.68 Å². The predicted molar refractivity (Wildman–Crippen MR) is 67.0 cm³/mol. The number of aliphatic hydroxyl groups is 2. The molecular weight excluding hydrogens is 262 g/mol. The van der Waals surface area contributed by atoms with Crippen molar-refractivity contribution in [1.82, 2.24) is 9.78 Å². The van der Waals surface area contributed by atoms with Gasteiger partial charge >= 0.3 is 0 Å². The predicted octanol–water partition coefficient (Wildman–Crippen LogP) is -0.692. The zero-order valence-corrected chi connectivity index (χ0v) is 10.7. The number of aromatic nitrogens is 2. The van der Waals surface area contributed by atoms with Gasteiger partial charge in [0, 0.05) is 7.11 Å². The molecule has 7 nitrogen and oxygen atoms in total. The fraction of sp³-hybridized carbons (Fsp3) is 0.600. The quantitative estimate of drug-likeness (QED) is 0.610. The summed E-state index contributed by atoms with van der Waals surface area (Å²) in [4.78, 5) is 11.8. The lowest BCUT2D eigenvalue weighted by Gasteiger charge is -2.15. The SMILES string of the molecule is COCCn1ncc(NC(CO)CO)c(Cl)c1=O. The van der Waals surface area contributed by atoms with E-state index in [-0.39, 0.29) is 23.9 Å². The number of rotatable bonds is 7.